The Hall–Kier alpha value is -1.77. The Balaban J connectivity index is 2.24. The second-order valence-corrected chi connectivity index (χ2v) is 7.48. The minimum Gasteiger partial charge on any atom is -0.487 e. The molecule has 3 nitrogen and oxygen atoms in total. The minimum absolute atomic E-state index is 0.288. The van der Waals surface area contributed by atoms with E-state index in [2.05, 4.69) is 39.8 Å². The van der Waals surface area contributed by atoms with Gasteiger partial charge in [0.15, 0.2) is 0 Å². The Labute approximate surface area is 145 Å². The van der Waals surface area contributed by atoms with Crippen LogP contribution in [-0.2, 0) is 0 Å². The van der Waals surface area contributed by atoms with Crippen molar-refractivity contribution in [2.45, 2.75) is 72.3 Å². The van der Waals surface area contributed by atoms with Gasteiger partial charge in [-0.2, -0.15) is 0 Å². The molecule has 1 aliphatic rings. The van der Waals surface area contributed by atoms with E-state index in [1.54, 1.807) is 6.92 Å². The molecular weight excluding hydrogens is 300 g/mol. The first kappa shape index (κ1) is 18.6. The zero-order valence-electron chi connectivity index (χ0n) is 15.6. The van der Waals surface area contributed by atoms with Crippen LogP contribution in [0, 0.1) is 12.8 Å². The maximum absolute atomic E-state index is 11.7. The summed E-state index contributed by atoms with van der Waals surface area (Å²) in [5, 5.41) is 0. The predicted octanol–water partition coefficient (Wildman–Crippen LogP) is 5.58. The topological polar surface area (TPSA) is 39.4 Å². The fourth-order valence-electron chi connectivity index (χ4n) is 3.41. The van der Waals surface area contributed by atoms with E-state index in [1.165, 1.54) is 17.2 Å². The summed E-state index contributed by atoms with van der Waals surface area (Å²) < 4.78 is 11.5. The smallest absolute Gasteiger partial charge is 0.339 e. The average molecular weight is 330 g/mol. The van der Waals surface area contributed by atoms with Crippen LogP contribution in [-0.4, -0.2) is 5.60 Å². The summed E-state index contributed by atoms with van der Waals surface area (Å²) in [5.74, 6) is 1.66. The lowest BCUT2D eigenvalue weighted by Crippen LogP contribution is -2.41. The Kier molecular flexibility index (Phi) is 6.09. The third kappa shape index (κ3) is 5.12. The normalized spacial score (nSPS) is 20.0. The van der Waals surface area contributed by atoms with Crippen molar-refractivity contribution >= 4 is 0 Å². The van der Waals surface area contributed by atoms with Gasteiger partial charge in [-0.3, -0.25) is 0 Å². The number of allylic oxidation sites excluding steroid dienone is 4. The molecule has 0 aromatic carbocycles. The molecule has 24 heavy (non-hydrogen) atoms. The van der Waals surface area contributed by atoms with Gasteiger partial charge in [-0.1, -0.05) is 23.3 Å². The van der Waals surface area contributed by atoms with Crippen LogP contribution in [0.2, 0.25) is 0 Å². The van der Waals surface area contributed by atoms with Gasteiger partial charge in [-0.15, -0.1) is 0 Å². The van der Waals surface area contributed by atoms with Crippen LogP contribution in [0.5, 0.6) is 5.75 Å². The zero-order chi connectivity index (χ0) is 17.7. The maximum atomic E-state index is 11.7. The third-order valence-electron chi connectivity index (χ3n) is 4.91. The van der Waals surface area contributed by atoms with Gasteiger partial charge in [-0.05, 0) is 66.7 Å². The zero-order valence-corrected chi connectivity index (χ0v) is 15.6. The highest BCUT2D eigenvalue weighted by Gasteiger charge is 2.36. The van der Waals surface area contributed by atoms with Crippen LogP contribution >= 0.6 is 0 Å². The van der Waals surface area contributed by atoms with Gasteiger partial charge in [0, 0.05) is 12.0 Å². The molecule has 3 heteroatoms. The third-order valence-corrected chi connectivity index (χ3v) is 4.91. The van der Waals surface area contributed by atoms with Gasteiger partial charge in [0.25, 0.3) is 0 Å². The minimum atomic E-state index is -0.351. The van der Waals surface area contributed by atoms with Crippen LogP contribution in [0.3, 0.4) is 0 Å². The maximum Gasteiger partial charge on any atom is 0.339 e. The van der Waals surface area contributed by atoms with Crippen molar-refractivity contribution in [2.24, 2.45) is 5.92 Å². The molecule has 2 atom stereocenters. The highest BCUT2D eigenvalue weighted by atomic mass is 16.5. The molecule has 0 aliphatic heterocycles. The van der Waals surface area contributed by atoms with E-state index in [4.69, 9.17) is 9.15 Å². The molecule has 0 fully saturated rings. The van der Waals surface area contributed by atoms with E-state index in [0.29, 0.717) is 17.4 Å². The molecule has 0 amide bonds. The number of ether oxygens (including phenoxy) is 1. The van der Waals surface area contributed by atoms with Gasteiger partial charge >= 0.3 is 5.63 Å². The molecule has 0 saturated carbocycles. The van der Waals surface area contributed by atoms with Gasteiger partial charge in [-0.25, -0.2) is 4.79 Å². The summed E-state index contributed by atoms with van der Waals surface area (Å²) in [4.78, 5) is 11.7. The molecule has 132 valence electrons. The second kappa shape index (κ2) is 7.87. The number of hydrogen-bond acceptors (Lipinski definition) is 3. The van der Waals surface area contributed by atoms with Crippen LogP contribution in [0.25, 0.3) is 0 Å². The molecule has 2 rings (SSSR count). The molecular formula is C21H30O3. The van der Waals surface area contributed by atoms with Gasteiger partial charge in [0.05, 0.1) is 6.07 Å². The van der Waals surface area contributed by atoms with Crippen molar-refractivity contribution in [3.05, 3.63) is 51.6 Å². The van der Waals surface area contributed by atoms with Crippen LogP contribution in [0.15, 0.2) is 44.6 Å². The lowest BCUT2D eigenvalue weighted by molar-refractivity contribution is 0.0125. The molecule has 1 aliphatic carbocycles. The Morgan fingerprint density at radius 3 is 2.71 bits per heavy atom. The van der Waals surface area contributed by atoms with E-state index >= 15 is 0 Å². The number of aryl methyl sites for hydroxylation is 1. The molecule has 1 aromatic rings. The highest BCUT2D eigenvalue weighted by molar-refractivity contribution is 5.21. The number of hydrogen-bond donors (Lipinski definition) is 0. The summed E-state index contributed by atoms with van der Waals surface area (Å²) in [6.07, 6.45) is 9.82. The van der Waals surface area contributed by atoms with Gasteiger partial charge < -0.3 is 9.15 Å². The standard InChI is InChI=1S/C21H30O3/c1-15(2)7-6-12-21(5,18-10-8-16(3)9-11-18)24-19-13-17(4)23-20(22)14-19/h7-8,13-14,18H,6,9-12H2,1-5H3. The molecule has 1 heterocycles. The van der Waals surface area contributed by atoms with Crippen molar-refractivity contribution in [1.29, 1.82) is 0 Å². The Morgan fingerprint density at radius 1 is 1.38 bits per heavy atom. The van der Waals surface area contributed by atoms with Crippen molar-refractivity contribution in [3.8, 4) is 5.75 Å². The molecule has 0 spiro atoms. The average Bonchev–Trinajstić information content (AvgIpc) is 2.46. The van der Waals surface area contributed by atoms with E-state index in [1.807, 2.05) is 6.07 Å². The quantitative estimate of drug-likeness (QED) is 0.639. The molecule has 0 bridgehead atoms. The van der Waals surface area contributed by atoms with E-state index < -0.39 is 0 Å². The molecule has 0 N–H and O–H groups in total. The van der Waals surface area contributed by atoms with Crippen LogP contribution in [0.4, 0.5) is 0 Å². The summed E-state index contributed by atoms with van der Waals surface area (Å²) in [6, 6.07) is 3.26. The molecule has 1 aromatic heterocycles. The van der Waals surface area contributed by atoms with E-state index in [0.717, 1.165) is 32.1 Å². The lowest BCUT2D eigenvalue weighted by atomic mass is 9.76. The van der Waals surface area contributed by atoms with Crippen molar-refractivity contribution in [1.82, 2.24) is 0 Å². The fourth-order valence-corrected chi connectivity index (χ4v) is 3.41. The van der Waals surface area contributed by atoms with Crippen LogP contribution < -0.4 is 10.4 Å². The first-order valence-electron chi connectivity index (χ1n) is 8.88. The summed E-state index contributed by atoms with van der Waals surface area (Å²) in [6.45, 7) is 10.4. The van der Waals surface area contributed by atoms with Crippen molar-refractivity contribution in [3.63, 3.8) is 0 Å². The SMILES string of the molecule is CC(C)=CCCC(C)(Oc1cc(C)oc(=O)c1)C1CC=C(C)CC1. The molecule has 0 saturated heterocycles. The number of rotatable bonds is 6. The molecule has 0 radical (unpaired) electrons. The Morgan fingerprint density at radius 2 is 2.12 bits per heavy atom. The van der Waals surface area contributed by atoms with Gasteiger partial charge in [0.2, 0.25) is 0 Å². The summed E-state index contributed by atoms with van der Waals surface area (Å²) >= 11 is 0. The first-order valence-corrected chi connectivity index (χ1v) is 8.88. The lowest BCUT2D eigenvalue weighted by Gasteiger charge is -2.39. The largest absolute Gasteiger partial charge is 0.487 e. The second-order valence-electron chi connectivity index (χ2n) is 7.48. The summed E-state index contributed by atoms with van der Waals surface area (Å²) in [7, 11) is 0. The Bertz CT molecular complexity index is 677. The van der Waals surface area contributed by atoms with Crippen LogP contribution in [0.1, 0.15) is 65.6 Å². The van der Waals surface area contributed by atoms with Crippen molar-refractivity contribution < 1.29 is 9.15 Å². The van der Waals surface area contributed by atoms with Crippen molar-refractivity contribution in [2.75, 3.05) is 0 Å². The van der Waals surface area contributed by atoms with E-state index in [9.17, 15) is 4.79 Å². The monoisotopic (exact) mass is 330 g/mol. The summed E-state index contributed by atoms with van der Waals surface area (Å²) in [5.41, 5.74) is 2.15. The first-order chi connectivity index (χ1) is 11.3. The highest BCUT2D eigenvalue weighted by Crippen LogP contribution is 2.38. The molecule has 2 unspecified atom stereocenters. The fraction of sp³-hybridized carbons (Fsp3) is 0.571. The predicted molar refractivity (Wildman–Crippen MR) is 98.5 cm³/mol. The van der Waals surface area contributed by atoms with Gasteiger partial charge in [0.1, 0.15) is 17.1 Å². The van der Waals surface area contributed by atoms with E-state index in [-0.39, 0.29) is 11.2 Å².